The number of nitrogens with one attached hydrogen (secondary N) is 1. The number of halogens is 1. The van der Waals surface area contributed by atoms with Crippen LogP contribution in [-0.2, 0) is 6.54 Å². The molecule has 23 heavy (non-hydrogen) atoms. The fourth-order valence-electron chi connectivity index (χ4n) is 2.03. The number of nitrogens with zero attached hydrogens (tertiary/aromatic N) is 1. The number of rotatable bonds is 5. The number of methoxy groups -OCH3 is 2. The van der Waals surface area contributed by atoms with Crippen LogP contribution in [0.4, 0.5) is 10.5 Å². The predicted molar refractivity (Wildman–Crippen MR) is 94.2 cm³/mol. The summed E-state index contributed by atoms with van der Waals surface area (Å²) in [7, 11) is 4.88. The first-order valence-corrected chi connectivity index (χ1v) is 7.80. The van der Waals surface area contributed by atoms with Gasteiger partial charge < -0.3 is 19.7 Å². The molecule has 0 atom stereocenters. The van der Waals surface area contributed by atoms with Crippen molar-refractivity contribution in [2.75, 3.05) is 26.6 Å². The van der Waals surface area contributed by atoms with E-state index in [2.05, 4.69) is 21.2 Å². The molecule has 0 heterocycles. The molecule has 0 aromatic heterocycles. The molecule has 6 heteroatoms. The molecule has 0 saturated carbocycles. The average Bonchev–Trinajstić information content (AvgIpc) is 2.56. The lowest BCUT2D eigenvalue weighted by atomic mass is 10.2. The monoisotopic (exact) mass is 378 g/mol. The lowest BCUT2D eigenvalue weighted by molar-refractivity contribution is 0.220. The van der Waals surface area contributed by atoms with Crippen LogP contribution >= 0.6 is 15.9 Å². The largest absolute Gasteiger partial charge is 0.497 e. The van der Waals surface area contributed by atoms with Gasteiger partial charge in [0.05, 0.1) is 14.2 Å². The highest BCUT2D eigenvalue weighted by molar-refractivity contribution is 9.10. The second-order valence-electron chi connectivity index (χ2n) is 5.01. The van der Waals surface area contributed by atoms with Crippen LogP contribution in [0.2, 0.25) is 0 Å². The zero-order chi connectivity index (χ0) is 16.8. The van der Waals surface area contributed by atoms with Crippen LogP contribution in [0, 0.1) is 0 Å². The van der Waals surface area contributed by atoms with Gasteiger partial charge in [0.15, 0.2) is 0 Å². The Morgan fingerprint density at radius 2 is 1.65 bits per heavy atom. The molecular weight excluding hydrogens is 360 g/mol. The Hall–Kier alpha value is -2.21. The molecule has 0 bridgehead atoms. The van der Waals surface area contributed by atoms with Gasteiger partial charge in [0.25, 0.3) is 0 Å². The summed E-state index contributed by atoms with van der Waals surface area (Å²) in [6.07, 6.45) is 0. The van der Waals surface area contributed by atoms with Crippen LogP contribution in [0.5, 0.6) is 11.5 Å². The molecule has 2 aromatic rings. The van der Waals surface area contributed by atoms with Gasteiger partial charge in [-0.1, -0.05) is 28.1 Å². The van der Waals surface area contributed by atoms with Crippen LogP contribution in [0.15, 0.2) is 46.9 Å². The molecule has 1 N–H and O–H groups in total. The van der Waals surface area contributed by atoms with E-state index in [4.69, 9.17) is 9.47 Å². The van der Waals surface area contributed by atoms with Crippen LogP contribution in [0.3, 0.4) is 0 Å². The number of ether oxygens (including phenoxy) is 2. The minimum Gasteiger partial charge on any atom is -0.497 e. The van der Waals surface area contributed by atoms with Gasteiger partial charge in [-0.25, -0.2) is 4.79 Å². The van der Waals surface area contributed by atoms with Crippen molar-refractivity contribution in [2.24, 2.45) is 0 Å². The highest BCUT2D eigenvalue weighted by Gasteiger charge is 2.11. The predicted octanol–water partition coefficient (Wildman–Crippen LogP) is 4.13. The molecule has 122 valence electrons. The Bertz CT molecular complexity index is 652. The fraction of sp³-hybridized carbons (Fsp3) is 0.235. The molecule has 2 rings (SSSR count). The maximum Gasteiger partial charge on any atom is 0.321 e. The summed E-state index contributed by atoms with van der Waals surface area (Å²) < 4.78 is 11.4. The lowest BCUT2D eigenvalue weighted by Gasteiger charge is -2.18. The number of amides is 2. The van der Waals surface area contributed by atoms with E-state index in [9.17, 15) is 4.79 Å². The van der Waals surface area contributed by atoms with Gasteiger partial charge >= 0.3 is 6.03 Å². The summed E-state index contributed by atoms with van der Waals surface area (Å²) in [5.74, 6) is 1.24. The van der Waals surface area contributed by atoms with Crippen molar-refractivity contribution in [2.45, 2.75) is 6.54 Å². The molecule has 0 fully saturated rings. The Kier molecular flexibility index (Phi) is 5.87. The molecule has 2 aromatic carbocycles. The zero-order valence-corrected chi connectivity index (χ0v) is 14.9. The summed E-state index contributed by atoms with van der Waals surface area (Å²) in [6, 6.07) is 12.9. The third kappa shape index (κ3) is 4.89. The maximum absolute atomic E-state index is 12.3. The highest BCUT2D eigenvalue weighted by Crippen LogP contribution is 2.26. The van der Waals surface area contributed by atoms with Crippen LogP contribution in [0.25, 0.3) is 0 Å². The van der Waals surface area contributed by atoms with Crippen molar-refractivity contribution in [3.05, 3.63) is 52.5 Å². The normalized spacial score (nSPS) is 10.1. The summed E-state index contributed by atoms with van der Waals surface area (Å²) in [5.41, 5.74) is 1.67. The van der Waals surface area contributed by atoms with E-state index in [-0.39, 0.29) is 6.03 Å². The smallest absolute Gasteiger partial charge is 0.321 e. The topological polar surface area (TPSA) is 50.8 Å². The first-order valence-electron chi connectivity index (χ1n) is 7.01. The minimum atomic E-state index is -0.205. The Morgan fingerprint density at radius 3 is 2.17 bits per heavy atom. The van der Waals surface area contributed by atoms with Crippen molar-refractivity contribution in [1.82, 2.24) is 4.90 Å². The first-order chi connectivity index (χ1) is 11.0. The first kappa shape index (κ1) is 17.1. The quantitative estimate of drug-likeness (QED) is 0.850. The highest BCUT2D eigenvalue weighted by atomic mass is 79.9. The summed E-state index contributed by atoms with van der Waals surface area (Å²) in [4.78, 5) is 13.9. The van der Waals surface area contributed by atoms with Gasteiger partial charge in [-0.3, -0.25) is 0 Å². The Labute approximate surface area is 144 Å². The van der Waals surface area contributed by atoms with Gasteiger partial charge in [0.1, 0.15) is 11.5 Å². The van der Waals surface area contributed by atoms with E-state index < -0.39 is 0 Å². The third-order valence-corrected chi connectivity index (χ3v) is 3.81. The number of hydrogen-bond acceptors (Lipinski definition) is 3. The maximum atomic E-state index is 12.3. The van der Waals surface area contributed by atoms with Crippen LogP contribution in [-0.4, -0.2) is 32.2 Å². The van der Waals surface area contributed by atoms with Crippen LogP contribution < -0.4 is 14.8 Å². The van der Waals surface area contributed by atoms with Gasteiger partial charge in [-0.05, 0) is 17.7 Å². The van der Waals surface area contributed by atoms with Crippen molar-refractivity contribution in [3.8, 4) is 11.5 Å². The molecule has 0 aliphatic heterocycles. The second kappa shape index (κ2) is 7.87. The Balaban J connectivity index is 2.04. The van der Waals surface area contributed by atoms with Crippen molar-refractivity contribution >= 4 is 27.6 Å². The van der Waals surface area contributed by atoms with E-state index in [0.29, 0.717) is 23.7 Å². The van der Waals surface area contributed by atoms with E-state index in [0.717, 1.165) is 10.0 Å². The number of urea groups is 1. The molecule has 5 nitrogen and oxygen atoms in total. The molecule has 2 amide bonds. The minimum absolute atomic E-state index is 0.205. The molecule has 0 radical (unpaired) electrons. The number of carbonyl (C=O) groups is 1. The second-order valence-corrected chi connectivity index (χ2v) is 5.93. The summed E-state index contributed by atoms with van der Waals surface area (Å²) in [6.45, 7) is 0.514. The molecule has 0 spiro atoms. The van der Waals surface area contributed by atoms with E-state index >= 15 is 0 Å². The van der Waals surface area contributed by atoms with Crippen molar-refractivity contribution in [1.29, 1.82) is 0 Å². The summed E-state index contributed by atoms with van der Waals surface area (Å²) >= 11 is 3.40. The van der Waals surface area contributed by atoms with Gasteiger partial charge in [0, 0.05) is 42.0 Å². The van der Waals surface area contributed by atoms with E-state index in [1.807, 2.05) is 24.3 Å². The van der Waals surface area contributed by atoms with Gasteiger partial charge in [-0.15, -0.1) is 0 Å². The van der Waals surface area contributed by atoms with Crippen molar-refractivity contribution in [3.63, 3.8) is 0 Å². The third-order valence-electron chi connectivity index (χ3n) is 3.28. The average molecular weight is 379 g/mol. The number of benzene rings is 2. The Morgan fingerprint density at radius 1 is 1.09 bits per heavy atom. The van der Waals surface area contributed by atoms with Crippen LogP contribution in [0.1, 0.15) is 5.56 Å². The molecular formula is C17H19BrN2O3. The lowest BCUT2D eigenvalue weighted by Crippen LogP contribution is -2.30. The zero-order valence-electron chi connectivity index (χ0n) is 13.3. The van der Waals surface area contributed by atoms with Gasteiger partial charge in [0.2, 0.25) is 0 Å². The fourth-order valence-corrected chi connectivity index (χ4v) is 2.30. The van der Waals surface area contributed by atoms with E-state index in [1.54, 1.807) is 44.4 Å². The van der Waals surface area contributed by atoms with Crippen molar-refractivity contribution < 1.29 is 14.3 Å². The molecule has 0 saturated heterocycles. The SMILES string of the molecule is COc1cc(NC(=O)N(C)Cc2ccc(Br)cc2)cc(OC)c1. The number of carbonyl (C=O) groups excluding carboxylic acids is 1. The number of hydrogen-bond donors (Lipinski definition) is 1. The van der Waals surface area contributed by atoms with E-state index in [1.165, 1.54) is 0 Å². The summed E-state index contributed by atoms with van der Waals surface area (Å²) in [5, 5.41) is 2.84. The molecule has 0 unspecified atom stereocenters. The molecule has 0 aliphatic rings. The standard InChI is InChI=1S/C17H19BrN2O3/c1-20(11-12-4-6-13(18)7-5-12)17(21)19-14-8-15(22-2)10-16(9-14)23-3/h4-10H,11H2,1-3H3,(H,19,21). The molecule has 0 aliphatic carbocycles. The number of anilines is 1. The van der Waals surface area contributed by atoms with Gasteiger partial charge in [-0.2, -0.15) is 0 Å².